The number of fused-ring (bicyclic) bond motifs is 1. The maximum atomic E-state index is 4.61. The Bertz CT molecular complexity index is 1140. The summed E-state index contributed by atoms with van der Waals surface area (Å²) in [4.78, 5) is 0. The topological polar surface area (TPSA) is 0 Å². The van der Waals surface area contributed by atoms with Crippen LogP contribution in [-0.2, 0) is 18.3 Å². The molecule has 0 bridgehead atoms. The van der Waals surface area contributed by atoms with E-state index in [2.05, 4.69) is 73.3 Å². The van der Waals surface area contributed by atoms with Crippen LogP contribution in [0.5, 0.6) is 0 Å². The van der Waals surface area contributed by atoms with Gasteiger partial charge in [0.25, 0.3) is 0 Å². The normalized spacial score (nSPS) is 21.3. The Labute approximate surface area is 199 Å². The molecular formula is C33H36. The van der Waals surface area contributed by atoms with Crippen LogP contribution in [-0.4, -0.2) is 0 Å². The van der Waals surface area contributed by atoms with Gasteiger partial charge in [0, 0.05) is 5.41 Å². The molecule has 4 aliphatic rings. The first kappa shape index (κ1) is 21.0. The molecular weight excluding hydrogens is 396 g/mol. The Kier molecular flexibility index (Phi) is 5.49. The average molecular weight is 433 g/mol. The van der Waals surface area contributed by atoms with Crippen molar-refractivity contribution in [1.29, 1.82) is 0 Å². The largest absolute Gasteiger partial charge is 0.0986 e. The highest BCUT2D eigenvalue weighted by molar-refractivity contribution is 5.72. The molecule has 0 aromatic heterocycles. The summed E-state index contributed by atoms with van der Waals surface area (Å²) < 4.78 is 0. The fourth-order valence-corrected chi connectivity index (χ4v) is 6.60. The molecule has 2 fully saturated rings. The Morgan fingerprint density at radius 3 is 2.55 bits per heavy atom. The second-order valence-electron chi connectivity index (χ2n) is 10.9. The van der Waals surface area contributed by atoms with Gasteiger partial charge in [-0.05, 0) is 83.4 Å². The van der Waals surface area contributed by atoms with Crippen molar-refractivity contribution in [3.63, 3.8) is 0 Å². The lowest BCUT2D eigenvalue weighted by molar-refractivity contribution is 0.356. The average Bonchev–Trinajstić information content (AvgIpc) is 3.36. The molecule has 6 rings (SSSR count). The van der Waals surface area contributed by atoms with Crippen molar-refractivity contribution in [3.05, 3.63) is 112 Å². The first-order valence-corrected chi connectivity index (χ1v) is 13.2. The van der Waals surface area contributed by atoms with E-state index in [9.17, 15) is 0 Å². The van der Waals surface area contributed by atoms with Crippen LogP contribution in [0.25, 0.3) is 6.08 Å². The molecule has 33 heavy (non-hydrogen) atoms. The molecule has 2 saturated carbocycles. The standard InChI is InChI=1S/C33H36/c1-24(33(17-18-33)31-12-6-3-7-13-31)19-28-11-8-14-32(28)30-22-27-16-15-26(21-29(27)23-30)20-25-9-4-2-5-10-25/h3,6-7,11-16,21,23,25H,1-2,4-5,8-10,17-20,22H2. The summed E-state index contributed by atoms with van der Waals surface area (Å²) in [6.45, 7) is 4.61. The highest BCUT2D eigenvalue weighted by Gasteiger charge is 2.46. The first-order valence-electron chi connectivity index (χ1n) is 13.2. The summed E-state index contributed by atoms with van der Waals surface area (Å²) in [6, 6.07) is 18.3. The molecule has 0 spiro atoms. The third-order valence-electron chi connectivity index (χ3n) is 8.71. The monoisotopic (exact) mass is 432 g/mol. The molecule has 0 nitrogen and oxygen atoms in total. The molecule has 0 amide bonds. The van der Waals surface area contributed by atoms with Crippen molar-refractivity contribution in [2.45, 2.75) is 76.0 Å². The number of allylic oxidation sites excluding steroid dienone is 6. The van der Waals surface area contributed by atoms with Gasteiger partial charge in [-0.2, -0.15) is 0 Å². The molecule has 2 aromatic rings. The Balaban J connectivity index is 1.16. The van der Waals surface area contributed by atoms with E-state index in [0.717, 1.165) is 25.2 Å². The van der Waals surface area contributed by atoms with E-state index in [1.807, 2.05) is 0 Å². The summed E-state index contributed by atoms with van der Waals surface area (Å²) in [6.07, 6.45) is 21.5. The molecule has 0 radical (unpaired) electrons. The lowest BCUT2D eigenvalue weighted by atomic mass is 9.83. The Hall–Kier alpha value is -2.60. The number of benzene rings is 2. The van der Waals surface area contributed by atoms with Gasteiger partial charge in [0.05, 0.1) is 0 Å². The predicted molar refractivity (Wildman–Crippen MR) is 140 cm³/mol. The van der Waals surface area contributed by atoms with Crippen molar-refractivity contribution in [2.75, 3.05) is 0 Å². The summed E-state index contributed by atoms with van der Waals surface area (Å²) in [5.41, 5.74) is 12.1. The van der Waals surface area contributed by atoms with Crippen LogP contribution in [0, 0.1) is 5.92 Å². The van der Waals surface area contributed by atoms with Crippen LogP contribution in [0.1, 0.15) is 80.0 Å². The third kappa shape index (κ3) is 4.10. The van der Waals surface area contributed by atoms with Crippen molar-refractivity contribution >= 4 is 6.08 Å². The smallest absolute Gasteiger partial charge is 0.0163 e. The highest BCUT2D eigenvalue weighted by atomic mass is 14.5. The SMILES string of the molecule is C=C(CC1=CCC=C1C1=Cc2cc(CC3CCCCC3)ccc2C1)C1(c2ccccc2)CC1. The lowest BCUT2D eigenvalue weighted by Crippen LogP contribution is -2.10. The van der Waals surface area contributed by atoms with Gasteiger partial charge in [0.2, 0.25) is 0 Å². The van der Waals surface area contributed by atoms with Gasteiger partial charge in [-0.1, -0.05) is 111 Å². The van der Waals surface area contributed by atoms with Crippen LogP contribution in [0.2, 0.25) is 0 Å². The van der Waals surface area contributed by atoms with E-state index < -0.39 is 0 Å². The number of hydrogen-bond donors (Lipinski definition) is 0. The zero-order valence-electron chi connectivity index (χ0n) is 19.9. The summed E-state index contributed by atoms with van der Waals surface area (Å²) in [5.74, 6) is 0.902. The zero-order chi connectivity index (χ0) is 22.3. The summed E-state index contributed by atoms with van der Waals surface area (Å²) in [7, 11) is 0. The van der Waals surface area contributed by atoms with Gasteiger partial charge >= 0.3 is 0 Å². The first-order chi connectivity index (χ1) is 16.2. The van der Waals surface area contributed by atoms with Gasteiger partial charge in [0.15, 0.2) is 0 Å². The van der Waals surface area contributed by atoms with Crippen LogP contribution >= 0.6 is 0 Å². The van der Waals surface area contributed by atoms with Crippen LogP contribution in [0.3, 0.4) is 0 Å². The molecule has 0 atom stereocenters. The molecule has 0 N–H and O–H groups in total. The van der Waals surface area contributed by atoms with E-state index in [1.165, 1.54) is 90.3 Å². The van der Waals surface area contributed by atoms with Crippen LogP contribution < -0.4 is 0 Å². The minimum Gasteiger partial charge on any atom is -0.0986 e. The van der Waals surface area contributed by atoms with Crippen LogP contribution in [0.15, 0.2) is 89.6 Å². The Morgan fingerprint density at radius 1 is 0.939 bits per heavy atom. The molecule has 0 aliphatic heterocycles. The van der Waals surface area contributed by atoms with Crippen molar-refractivity contribution in [1.82, 2.24) is 0 Å². The van der Waals surface area contributed by atoms with Crippen molar-refractivity contribution < 1.29 is 0 Å². The highest BCUT2D eigenvalue weighted by Crippen LogP contribution is 2.55. The molecule has 2 aromatic carbocycles. The number of rotatable bonds is 7. The molecule has 0 unspecified atom stereocenters. The second-order valence-corrected chi connectivity index (χ2v) is 10.9. The fourth-order valence-electron chi connectivity index (χ4n) is 6.60. The lowest BCUT2D eigenvalue weighted by Gasteiger charge is -2.21. The maximum Gasteiger partial charge on any atom is 0.0163 e. The molecule has 0 saturated heterocycles. The van der Waals surface area contributed by atoms with E-state index in [1.54, 1.807) is 5.56 Å². The van der Waals surface area contributed by atoms with E-state index in [0.29, 0.717) is 0 Å². The quantitative estimate of drug-likeness (QED) is 0.384. The molecule has 0 heteroatoms. The van der Waals surface area contributed by atoms with E-state index >= 15 is 0 Å². The predicted octanol–water partition coefficient (Wildman–Crippen LogP) is 8.68. The number of hydrogen-bond acceptors (Lipinski definition) is 0. The molecule has 0 heterocycles. The van der Waals surface area contributed by atoms with Gasteiger partial charge in [-0.25, -0.2) is 0 Å². The van der Waals surface area contributed by atoms with Gasteiger partial charge < -0.3 is 0 Å². The minimum absolute atomic E-state index is 0.219. The van der Waals surface area contributed by atoms with E-state index in [4.69, 9.17) is 0 Å². The van der Waals surface area contributed by atoms with Crippen molar-refractivity contribution in [2.24, 2.45) is 5.92 Å². The summed E-state index contributed by atoms with van der Waals surface area (Å²) in [5, 5.41) is 0. The van der Waals surface area contributed by atoms with Crippen LogP contribution in [0.4, 0.5) is 0 Å². The molecule has 168 valence electrons. The van der Waals surface area contributed by atoms with E-state index in [-0.39, 0.29) is 5.41 Å². The van der Waals surface area contributed by atoms with Crippen molar-refractivity contribution in [3.8, 4) is 0 Å². The fraction of sp³-hybridized carbons (Fsp3) is 0.394. The minimum atomic E-state index is 0.219. The second kappa shape index (κ2) is 8.64. The van der Waals surface area contributed by atoms with Gasteiger partial charge in [-0.15, -0.1) is 0 Å². The maximum absolute atomic E-state index is 4.61. The summed E-state index contributed by atoms with van der Waals surface area (Å²) >= 11 is 0. The molecule has 4 aliphatic carbocycles. The zero-order valence-corrected chi connectivity index (χ0v) is 19.9. The van der Waals surface area contributed by atoms with Gasteiger partial charge in [-0.3, -0.25) is 0 Å². The van der Waals surface area contributed by atoms with Gasteiger partial charge in [0.1, 0.15) is 0 Å². The third-order valence-corrected chi connectivity index (χ3v) is 8.71. The Morgan fingerprint density at radius 2 is 1.76 bits per heavy atom.